The van der Waals surface area contributed by atoms with Crippen LogP contribution in [0, 0.1) is 0 Å². The number of hydrogen-bond donors (Lipinski definition) is 0. The smallest absolute Gasteiger partial charge is 0.255 e. The Morgan fingerprint density at radius 1 is 1.00 bits per heavy atom. The van der Waals surface area contributed by atoms with Gasteiger partial charge in [-0.25, -0.2) is 8.42 Å². The van der Waals surface area contributed by atoms with Crippen LogP contribution in [0.1, 0.15) is 29.6 Å². The Bertz CT molecular complexity index is 630. The maximum absolute atomic E-state index is 12.4. The largest absolute Gasteiger partial charge is 0.361 e. The number of carbonyl (C=O) groups excluding carboxylic acids is 1. The minimum Gasteiger partial charge on any atom is -0.361 e. The zero-order valence-corrected chi connectivity index (χ0v) is 13.2. The van der Waals surface area contributed by atoms with Crippen LogP contribution in [0.5, 0.6) is 0 Å². The SMILES string of the molecule is O=C(c1ccc(S(=O)(=O)N2CCCC2)cc1)N1CCCOC1. The van der Waals surface area contributed by atoms with Gasteiger partial charge in [0.25, 0.3) is 5.91 Å². The minimum atomic E-state index is -3.42. The highest BCUT2D eigenvalue weighted by molar-refractivity contribution is 7.89. The highest BCUT2D eigenvalue weighted by atomic mass is 32.2. The van der Waals surface area contributed by atoms with Crippen LogP contribution in [0.2, 0.25) is 0 Å². The first-order valence-electron chi connectivity index (χ1n) is 7.56. The summed E-state index contributed by atoms with van der Waals surface area (Å²) in [5.41, 5.74) is 0.492. The molecule has 0 unspecified atom stereocenters. The zero-order valence-electron chi connectivity index (χ0n) is 12.4. The summed E-state index contributed by atoms with van der Waals surface area (Å²) in [4.78, 5) is 14.2. The molecule has 0 aromatic heterocycles. The summed E-state index contributed by atoms with van der Waals surface area (Å²) < 4.78 is 31.6. The van der Waals surface area contributed by atoms with Gasteiger partial charge in [0.05, 0.1) is 11.5 Å². The number of hydrogen-bond acceptors (Lipinski definition) is 4. The Morgan fingerprint density at radius 2 is 1.68 bits per heavy atom. The first kappa shape index (κ1) is 15.5. The predicted molar refractivity (Wildman–Crippen MR) is 80.9 cm³/mol. The first-order chi connectivity index (χ1) is 10.6. The van der Waals surface area contributed by atoms with Crippen LogP contribution in [0.4, 0.5) is 0 Å². The normalized spacial score (nSPS) is 20.3. The van der Waals surface area contributed by atoms with Gasteiger partial charge in [-0.05, 0) is 43.5 Å². The Hall–Kier alpha value is -1.44. The van der Waals surface area contributed by atoms with E-state index in [9.17, 15) is 13.2 Å². The zero-order chi connectivity index (χ0) is 15.6. The molecule has 0 bridgehead atoms. The number of rotatable bonds is 3. The average molecular weight is 324 g/mol. The van der Waals surface area contributed by atoms with E-state index in [2.05, 4.69) is 0 Å². The maximum Gasteiger partial charge on any atom is 0.255 e. The summed E-state index contributed by atoms with van der Waals surface area (Å²) in [6.07, 6.45) is 2.64. The van der Waals surface area contributed by atoms with Crippen molar-refractivity contribution in [2.24, 2.45) is 0 Å². The lowest BCUT2D eigenvalue weighted by Gasteiger charge is -2.26. The Kier molecular flexibility index (Phi) is 4.46. The molecule has 1 aromatic rings. The van der Waals surface area contributed by atoms with E-state index in [-0.39, 0.29) is 10.8 Å². The number of carbonyl (C=O) groups is 1. The highest BCUT2D eigenvalue weighted by Crippen LogP contribution is 2.21. The summed E-state index contributed by atoms with van der Waals surface area (Å²) in [6.45, 7) is 2.80. The predicted octanol–water partition coefficient (Wildman–Crippen LogP) is 1.29. The van der Waals surface area contributed by atoms with Crippen LogP contribution in [0.15, 0.2) is 29.2 Å². The molecule has 3 rings (SSSR count). The molecule has 2 aliphatic heterocycles. The molecule has 2 saturated heterocycles. The fraction of sp³-hybridized carbons (Fsp3) is 0.533. The van der Waals surface area contributed by atoms with Gasteiger partial charge < -0.3 is 9.64 Å². The first-order valence-corrected chi connectivity index (χ1v) is 9.00. The number of amides is 1. The summed E-state index contributed by atoms with van der Waals surface area (Å²) in [6, 6.07) is 6.21. The molecule has 2 aliphatic rings. The second kappa shape index (κ2) is 6.36. The van der Waals surface area contributed by atoms with Gasteiger partial charge in [0.2, 0.25) is 10.0 Å². The molecular formula is C15H20N2O4S. The summed E-state index contributed by atoms with van der Waals surface area (Å²) in [7, 11) is -3.42. The van der Waals surface area contributed by atoms with Crippen molar-refractivity contribution in [3.63, 3.8) is 0 Å². The summed E-state index contributed by atoms with van der Waals surface area (Å²) >= 11 is 0. The molecule has 6 nitrogen and oxygen atoms in total. The molecule has 22 heavy (non-hydrogen) atoms. The van der Waals surface area contributed by atoms with Crippen LogP contribution in [-0.2, 0) is 14.8 Å². The molecule has 7 heteroatoms. The lowest BCUT2D eigenvalue weighted by molar-refractivity contribution is -0.00571. The van der Waals surface area contributed by atoms with E-state index in [1.165, 1.54) is 16.4 Å². The standard InChI is InChI=1S/C15H20N2O4S/c18-15(16-8-3-11-21-12-16)13-4-6-14(7-5-13)22(19,20)17-9-1-2-10-17/h4-7H,1-3,8-12H2. The van der Waals surface area contributed by atoms with E-state index in [1.54, 1.807) is 17.0 Å². The van der Waals surface area contributed by atoms with E-state index in [4.69, 9.17) is 4.74 Å². The van der Waals surface area contributed by atoms with Gasteiger partial charge in [-0.3, -0.25) is 4.79 Å². The van der Waals surface area contributed by atoms with Crippen molar-refractivity contribution >= 4 is 15.9 Å². The third-order valence-corrected chi connectivity index (χ3v) is 5.97. The molecule has 2 fully saturated rings. The summed E-state index contributed by atoms with van der Waals surface area (Å²) in [5, 5.41) is 0. The monoisotopic (exact) mass is 324 g/mol. The van der Waals surface area contributed by atoms with Gasteiger partial charge in [-0.2, -0.15) is 4.31 Å². The molecule has 1 amide bonds. The highest BCUT2D eigenvalue weighted by Gasteiger charge is 2.27. The minimum absolute atomic E-state index is 0.121. The fourth-order valence-corrected chi connectivity index (χ4v) is 4.30. The van der Waals surface area contributed by atoms with Crippen molar-refractivity contribution in [1.82, 2.24) is 9.21 Å². The van der Waals surface area contributed by atoms with E-state index >= 15 is 0 Å². The van der Waals surface area contributed by atoms with E-state index in [0.29, 0.717) is 38.5 Å². The Morgan fingerprint density at radius 3 is 2.27 bits per heavy atom. The van der Waals surface area contributed by atoms with Crippen molar-refractivity contribution in [2.45, 2.75) is 24.2 Å². The van der Waals surface area contributed by atoms with Crippen molar-refractivity contribution in [2.75, 3.05) is 33.0 Å². The molecular weight excluding hydrogens is 304 g/mol. The molecule has 0 atom stereocenters. The van der Waals surface area contributed by atoms with Gasteiger partial charge in [0.15, 0.2) is 0 Å². The molecule has 0 N–H and O–H groups in total. The number of sulfonamides is 1. The van der Waals surface area contributed by atoms with Crippen molar-refractivity contribution in [3.05, 3.63) is 29.8 Å². The second-order valence-electron chi connectivity index (χ2n) is 5.60. The van der Waals surface area contributed by atoms with Crippen molar-refractivity contribution in [3.8, 4) is 0 Å². The van der Waals surface area contributed by atoms with Crippen LogP contribution >= 0.6 is 0 Å². The summed E-state index contributed by atoms with van der Waals surface area (Å²) in [5.74, 6) is -0.121. The number of nitrogens with zero attached hydrogens (tertiary/aromatic N) is 2. The lowest BCUT2D eigenvalue weighted by Crippen LogP contribution is -2.38. The van der Waals surface area contributed by atoms with Gasteiger partial charge in [-0.15, -0.1) is 0 Å². The molecule has 0 aliphatic carbocycles. The van der Waals surface area contributed by atoms with Crippen LogP contribution in [-0.4, -0.2) is 56.5 Å². The topological polar surface area (TPSA) is 66.9 Å². The molecule has 0 radical (unpaired) electrons. The average Bonchev–Trinajstić information content (AvgIpc) is 3.10. The van der Waals surface area contributed by atoms with E-state index in [0.717, 1.165) is 19.3 Å². The van der Waals surface area contributed by atoms with Gasteiger partial charge in [-0.1, -0.05) is 0 Å². The van der Waals surface area contributed by atoms with Crippen molar-refractivity contribution in [1.29, 1.82) is 0 Å². The van der Waals surface area contributed by atoms with E-state index in [1.807, 2.05) is 0 Å². The number of benzene rings is 1. The molecule has 2 heterocycles. The molecule has 1 aromatic carbocycles. The second-order valence-corrected chi connectivity index (χ2v) is 7.53. The number of ether oxygens (including phenoxy) is 1. The van der Waals surface area contributed by atoms with Crippen molar-refractivity contribution < 1.29 is 17.9 Å². The quantitative estimate of drug-likeness (QED) is 0.840. The van der Waals surface area contributed by atoms with E-state index < -0.39 is 10.0 Å². The van der Waals surface area contributed by atoms with Crippen LogP contribution in [0.3, 0.4) is 0 Å². The van der Waals surface area contributed by atoms with Crippen LogP contribution < -0.4 is 0 Å². The third-order valence-electron chi connectivity index (χ3n) is 4.06. The molecule has 0 saturated carbocycles. The Labute approximate surface area is 130 Å². The van der Waals surface area contributed by atoms with Gasteiger partial charge >= 0.3 is 0 Å². The maximum atomic E-state index is 12.4. The van der Waals surface area contributed by atoms with Gasteiger partial charge in [0.1, 0.15) is 6.73 Å². The lowest BCUT2D eigenvalue weighted by atomic mass is 10.2. The molecule has 120 valence electrons. The third kappa shape index (κ3) is 3.02. The fourth-order valence-electron chi connectivity index (χ4n) is 2.79. The molecule has 0 spiro atoms. The van der Waals surface area contributed by atoms with Gasteiger partial charge in [0, 0.05) is 25.2 Å². The Balaban J connectivity index is 1.76. The van der Waals surface area contributed by atoms with Crippen LogP contribution in [0.25, 0.3) is 0 Å².